The van der Waals surface area contributed by atoms with E-state index in [2.05, 4.69) is 31.3 Å². The molecule has 0 radical (unpaired) electrons. The van der Waals surface area contributed by atoms with Crippen molar-refractivity contribution in [2.75, 3.05) is 13.7 Å². The van der Waals surface area contributed by atoms with E-state index in [1.807, 2.05) is 6.07 Å². The first-order valence-electron chi connectivity index (χ1n) is 7.02. The van der Waals surface area contributed by atoms with Gasteiger partial charge < -0.3 is 10.1 Å². The highest BCUT2D eigenvalue weighted by Crippen LogP contribution is 2.30. The van der Waals surface area contributed by atoms with E-state index in [-0.39, 0.29) is 17.9 Å². The number of ether oxygens (including phenoxy) is 1. The molecule has 1 N–H and O–H groups in total. The minimum atomic E-state index is -0.190. The number of rotatable bonds is 3. The van der Waals surface area contributed by atoms with Crippen molar-refractivity contribution >= 4 is 5.97 Å². The van der Waals surface area contributed by atoms with Gasteiger partial charge in [-0.15, -0.1) is 0 Å². The monoisotopic (exact) mass is 261 g/mol. The van der Waals surface area contributed by atoms with Gasteiger partial charge in [0.1, 0.15) is 0 Å². The Balaban J connectivity index is 2.36. The lowest BCUT2D eigenvalue weighted by Crippen LogP contribution is -2.42. The Kier molecular flexibility index (Phi) is 4.59. The Morgan fingerprint density at radius 1 is 1.37 bits per heavy atom. The van der Waals surface area contributed by atoms with Gasteiger partial charge >= 0.3 is 5.97 Å². The SMILES string of the molecule is COC(=O)C(c1cccc(C)c1C)C1CCCCN1. The summed E-state index contributed by atoms with van der Waals surface area (Å²) in [4.78, 5) is 12.2. The van der Waals surface area contributed by atoms with E-state index < -0.39 is 0 Å². The Bertz CT molecular complexity index is 450. The van der Waals surface area contributed by atoms with E-state index in [9.17, 15) is 4.79 Å². The van der Waals surface area contributed by atoms with Crippen molar-refractivity contribution in [2.45, 2.75) is 45.1 Å². The van der Waals surface area contributed by atoms with Crippen molar-refractivity contribution < 1.29 is 9.53 Å². The maximum Gasteiger partial charge on any atom is 0.314 e. The van der Waals surface area contributed by atoms with Crippen molar-refractivity contribution in [2.24, 2.45) is 0 Å². The van der Waals surface area contributed by atoms with E-state index in [0.717, 1.165) is 18.5 Å². The van der Waals surface area contributed by atoms with Gasteiger partial charge in [0.2, 0.25) is 0 Å². The van der Waals surface area contributed by atoms with Gasteiger partial charge in [0.05, 0.1) is 13.0 Å². The molecule has 19 heavy (non-hydrogen) atoms. The van der Waals surface area contributed by atoms with Crippen LogP contribution in [0, 0.1) is 13.8 Å². The minimum Gasteiger partial charge on any atom is -0.469 e. The number of carbonyl (C=O) groups is 1. The lowest BCUT2D eigenvalue weighted by atomic mass is 9.83. The van der Waals surface area contributed by atoms with Crippen LogP contribution in [-0.4, -0.2) is 25.7 Å². The van der Waals surface area contributed by atoms with Crippen molar-refractivity contribution in [1.82, 2.24) is 5.32 Å². The molecule has 0 amide bonds. The lowest BCUT2D eigenvalue weighted by Gasteiger charge is -2.31. The first-order chi connectivity index (χ1) is 9.15. The molecule has 3 heteroatoms. The standard InChI is InChI=1S/C16H23NO2/c1-11-7-6-8-13(12(11)2)15(16(18)19-3)14-9-4-5-10-17-14/h6-8,14-15,17H,4-5,9-10H2,1-3H3. The van der Waals surface area contributed by atoms with Crippen LogP contribution in [0.2, 0.25) is 0 Å². The summed E-state index contributed by atoms with van der Waals surface area (Å²) >= 11 is 0. The van der Waals surface area contributed by atoms with Crippen molar-refractivity contribution in [3.63, 3.8) is 0 Å². The number of hydrogen-bond donors (Lipinski definition) is 1. The Hall–Kier alpha value is -1.35. The summed E-state index contributed by atoms with van der Waals surface area (Å²) < 4.78 is 5.04. The Morgan fingerprint density at radius 2 is 2.16 bits per heavy atom. The molecule has 0 saturated carbocycles. The van der Waals surface area contributed by atoms with Gasteiger partial charge in [-0.1, -0.05) is 24.6 Å². The summed E-state index contributed by atoms with van der Waals surface area (Å²) in [6, 6.07) is 6.36. The molecular formula is C16H23NO2. The normalized spacial score (nSPS) is 20.9. The van der Waals surface area contributed by atoms with Gasteiger partial charge in [-0.3, -0.25) is 4.79 Å². The predicted molar refractivity (Wildman–Crippen MR) is 76.3 cm³/mol. The molecule has 1 aromatic carbocycles. The molecule has 1 heterocycles. The van der Waals surface area contributed by atoms with E-state index in [1.165, 1.54) is 31.1 Å². The zero-order valence-corrected chi connectivity index (χ0v) is 12.0. The number of carbonyl (C=O) groups excluding carboxylic acids is 1. The zero-order chi connectivity index (χ0) is 13.8. The van der Waals surface area contributed by atoms with Crippen LogP contribution in [0.5, 0.6) is 0 Å². The molecular weight excluding hydrogens is 238 g/mol. The summed E-state index contributed by atoms with van der Waals surface area (Å²) in [5.74, 6) is -0.321. The van der Waals surface area contributed by atoms with Crippen LogP contribution in [0.4, 0.5) is 0 Å². The maximum absolute atomic E-state index is 12.2. The van der Waals surface area contributed by atoms with Gasteiger partial charge in [0.15, 0.2) is 0 Å². The molecule has 3 nitrogen and oxygen atoms in total. The van der Waals surface area contributed by atoms with Crippen LogP contribution < -0.4 is 5.32 Å². The van der Waals surface area contributed by atoms with Crippen LogP contribution in [0.3, 0.4) is 0 Å². The van der Waals surface area contributed by atoms with Crippen molar-refractivity contribution in [1.29, 1.82) is 0 Å². The zero-order valence-electron chi connectivity index (χ0n) is 12.0. The molecule has 0 spiro atoms. The summed E-state index contributed by atoms with van der Waals surface area (Å²) in [6.07, 6.45) is 3.40. The van der Waals surface area contributed by atoms with Crippen LogP contribution in [0.25, 0.3) is 0 Å². The third kappa shape index (κ3) is 2.98. The molecule has 0 aliphatic carbocycles. The van der Waals surface area contributed by atoms with Crippen LogP contribution in [0.1, 0.15) is 41.9 Å². The molecule has 1 saturated heterocycles. The second-order valence-corrected chi connectivity index (χ2v) is 5.35. The van der Waals surface area contributed by atoms with Crippen LogP contribution in [-0.2, 0) is 9.53 Å². The van der Waals surface area contributed by atoms with Gasteiger partial charge in [-0.25, -0.2) is 0 Å². The number of nitrogens with one attached hydrogen (secondary N) is 1. The molecule has 1 fully saturated rings. The smallest absolute Gasteiger partial charge is 0.314 e. The molecule has 1 aliphatic heterocycles. The fraction of sp³-hybridized carbons (Fsp3) is 0.562. The van der Waals surface area contributed by atoms with Gasteiger partial charge in [0, 0.05) is 6.04 Å². The van der Waals surface area contributed by atoms with Crippen molar-refractivity contribution in [3.05, 3.63) is 34.9 Å². The van der Waals surface area contributed by atoms with E-state index in [4.69, 9.17) is 4.74 Å². The highest BCUT2D eigenvalue weighted by Gasteiger charge is 2.32. The average Bonchev–Trinajstić information content (AvgIpc) is 2.44. The Labute approximate surface area is 115 Å². The number of benzene rings is 1. The van der Waals surface area contributed by atoms with E-state index in [0.29, 0.717) is 0 Å². The highest BCUT2D eigenvalue weighted by molar-refractivity contribution is 5.79. The molecule has 1 aromatic rings. The minimum absolute atomic E-state index is 0.131. The van der Waals surface area contributed by atoms with Crippen molar-refractivity contribution in [3.8, 4) is 0 Å². The molecule has 2 atom stereocenters. The van der Waals surface area contributed by atoms with Gasteiger partial charge in [-0.05, 0) is 49.9 Å². The van der Waals surface area contributed by atoms with E-state index >= 15 is 0 Å². The van der Waals surface area contributed by atoms with E-state index in [1.54, 1.807) is 0 Å². The van der Waals surface area contributed by atoms with Gasteiger partial charge in [-0.2, -0.15) is 0 Å². The predicted octanol–water partition coefficient (Wildman–Crippen LogP) is 2.70. The topological polar surface area (TPSA) is 38.3 Å². The molecule has 104 valence electrons. The van der Waals surface area contributed by atoms with Crippen LogP contribution in [0.15, 0.2) is 18.2 Å². The number of hydrogen-bond acceptors (Lipinski definition) is 3. The second kappa shape index (κ2) is 6.20. The summed E-state index contributed by atoms with van der Waals surface area (Å²) in [5, 5.41) is 3.48. The summed E-state index contributed by atoms with van der Waals surface area (Å²) in [6.45, 7) is 5.16. The third-order valence-corrected chi connectivity index (χ3v) is 4.19. The molecule has 2 rings (SSSR count). The highest BCUT2D eigenvalue weighted by atomic mass is 16.5. The lowest BCUT2D eigenvalue weighted by molar-refractivity contribution is -0.143. The second-order valence-electron chi connectivity index (χ2n) is 5.35. The number of aryl methyl sites for hydroxylation is 1. The fourth-order valence-electron chi connectivity index (χ4n) is 2.91. The van der Waals surface area contributed by atoms with Gasteiger partial charge in [0.25, 0.3) is 0 Å². The largest absolute Gasteiger partial charge is 0.469 e. The number of esters is 1. The molecule has 2 unspecified atom stereocenters. The average molecular weight is 261 g/mol. The third-order valence-electron chi connectivity index (χ3n) is 4.19. The molecule has 0 aromatic heterocycles. The fourth-order valence-corrected chi connectivity index (χ4v) is 2.91. The maximum atomic E-state index is 12.2. The summed E-state index contributed by atoms with van der Waals surface area (Å²) in [7, 11) is 1.48. The Morgan fingerprint density at radius 3 is 2.79 bits per heavy atom. The summed E-state index contributed by atoms with van der Waals surface area (Å²) in [5.41, 5.74) is 3.53. The first kappa shape index (κ1) is 14.1. The van der Waals surface area contributed by atoms with Crippen LogP contribution >= 0.6 is 0 Å². The molecule has 1 aliphatic rings. The quantitative estimate of drug-likeness (QED) is 0.850. The first-order valence-corrected chi connectivity index (χ1v) is 7.02. The molecule has 0 bridgehead atoms. The number of piperidine rings is 1. The number of methoxy groups -OCH3 is 1.